The summed E-state index contributed by atoms with van der Waals surface area (Å²) in [6.07, 6.45) is 0. The standard InChI is InChI=1S/C21H25N3O4S/c1-15-14-29(27,28)24(21(15)26)18-11-9-17(10-12-18)20(25)22-13-19(23(2)3)16-7-5-4-6-8-16/h4-12,15,19H,13-14H2,1-3H3,(H,22,25). The molecule has 154 valence electrons. The molecule has 0 aromatic heterocycles. The Morgan fingerprint density at radius 1 is 1.14 bits per heavy atom. The third-order valence-corrected chi connectivity index (χ3v) is 6.86. The van der Waals surface area contributed by atoms with Gasteiger partial charge < -0.3 is 10.2 Å². The molecule has 2 amide bonds. The van der Waals surface area contributed by atoms with E-state index in [1.165, 1.54) is 24.3 Å². The molecule has 0 spiro atoms. The van der Waals surface area contributed by atoms with Gasteiger partial charge in [-0.3, -0.25) is 9.59 Å². The molecule has 2 aromatic rings. The molecule has 0 saturated carbocycles. The molecule has 1 fully saturated rings. The van der Waals surface area contributed by atoms with E-state index in [2.05, 4.69) is 5.32 Å². The lowest BCUT2D eigenvalue weighted by molar-refractivity contribution is -0.119. The van der Waals surface area contributed by atoms with Crippen LogP contribution in [0.25, 0.3) is 0 Å². The van der Waals surface area contributed by atoms with Gasteiger partial charge in [-0.25, -0.2) is 12.7 Å². The highest BCUT2D eigenvalue weighted by atomic mass is 32.2. The summed E-state index contributed by atoms with van der Waals surface area (Å²) >= 11 is 0. The highest BCUT2D eigenvalue weighted by Crippen LogP contribution is 2.28. The second-order valence-corrected chi connectivity index (χ2v) is 9.29. The van der Waals surface area contributed by atoms with Crippen LogP contribution in [-0.4, -0.2) is 51.5 Å². The maximum Gasteiger partial charge on any atom is 0.251 e. The number of anilines is 1. The van der Waals surface area contributed by atoms with Gasteiger partial charge in [0, 0.05) is 12.1 Å². The van der Waals surface area contributed by atoms with Crippen molar-refractivity contribution in [3.05, 3.63) is 65.7 Å². The fourth-order valence-electron chi connectivity index (χ4n) is 3.40. The van der Waals surface area contributed by atoms with Crippen LogP contribution in [-0.2, 0) is 14.8 Å². The molecule has 0 bridgehead atoms. The fraction of sp³-hybridized carbons (Fsp3) is 0.333. The largest absolute Gasteiger partial charge is 0.350 e. The number of benzene rings is 2. The van der Waals surface area contributed by atoms with Crippen molar-refractivity contribution in [1.82, 2.24) is 10.2 Å². The van der Waals surface area contributed by atoms with Crippen LogP contribution in [0.1, 0.15) is 28.9 Å². The molecule has 3 rings (SSSR count). The molecule has 2 atom stereocenters. The van der Waals surface area contributed by atoms with Gasteiger partial charge in [-0.05, 0) is 43.9 Å². The number of hydrogen-bond donors (Lipinski definition) is 1. The summed E-state index contributed by atoms with van der Waals surface area (Å²) in [4.78, 5) is 26.8. The summed E-state index contributed by atoms with van der Waals surface area (Å²) in [6, 6.07) is 16.0. The maximum atomic E-state index is 12.6. The van der Waals surface area contributed by atoms with Gasteiger partial charge in [-0.1, -0.05) is 37.3 Å². The molecule has 1 saturated heterocycles. The van der Waals surface area contributed by atoms with Gasteiger partial charge in [0.2, 0.25) is 15.9 Å². The molecule has 29 heavy (non-hydrogen) atoms. The number of hydrogen-bond acceptors (Lipinski definition) is 5. The molecule has 1 aliphatic heterocycles. The van der Waals surface area contributed by atoms with Gasteiger partial charge in [0.05, 0.1) is 23.4 Å². The molecule has 7 nitrogen and oxygen atoms in total. The number of rotatable bonds is 6. The zero-order valence-corrected chi connectivity index (χ0v) is 17.5. The van der Waals surface area contributed by atoms with E-state index in [0.29, 0.717) is 12.1 Å². The number of nitrogens with one attached hydrogen (secondary N) is 1. The van der Waals surface area contributed by atoms with E-state index in [0.717, 1.165) is 9.87 Å². The number of carbonyl (C=O) groups excluding carboxylic acids is 2. The second kappa shape index (κ2) is 8.34. The van der Waals surface area contributed by atoms with Gasteiger partial charge in [-0.2, -0.15) is 0 Å². The predicted octanol–water partition coefficient (Wildman–Crippen LogP) is 2.03. The second-order valence-electron chi connectivity index (χ2n) is 7.43. The Kier molecular flexibility index (Phi) is 6.04. The first kappa shape index (κ1) is 21.0. The van der Waals surface area contributed by atoms with Gasteiger partial charge >= 0.3 is 0 Å². The smallest absolute Gasteiger partial charge is 0.251 e. The number of likely N-dealkylation sites (N-methyl/N-ethyl adjacent to an activating group) is 1. The first-order valence-corrected chi connectivity index (χ1v) is 11.0. The Morgan fingerprint density at radius 3 is 2.28 bits per heavy atom. The Bertz CT molecular complexity index is 988. The Morgan fingerprint density at radius 2 is 1.76 bits per heavy atom. The van der Waals surface area contributed by atoms with E-state index in [9.17, 15) is 18.0 Å². The highest BCUT2D eigenvalue weighted by molar-refractivity contribution is 7.94. The average molecular weight is 416 g/mol. The van der Waals surface area contributed by atoms with Gasteiger partial charge in [0.1, 0.15) is 0 Å². The van der Waals surface area contributed by atoms with E-state index in [1.54, 1.807) is 6.92 Å². The van der Waals surface area contributed by atoms with Crippen LogP contribution in [0, 0.1) is 5.92 Å². The average Bonchev–Trinajstić information content (AvgIpc) is 2.89. The topological polar surface area (TPSA) is 86.8 Å². The SMILES string of the molecule is CC1CS(=O)(=O)N(c2ccc(C(=O)NCC(c3ccccc3)N(C)C)cc2)C1=O. The zero-order valence-electron chi connectivity index (χ0n) is 16.7. The summed E-state index contributed by atoms with van der Waals surface area (Å²) in [5.41, 5.74) is 1.75. The minimum absolute atomic E-state index is 0.0216. The van der Waals surface area contributed by atoms with Crippen molar-refractivity contribution in [2.45, 2.75) is 13.0 Å². The monoisotopic (exact) mass is 415 g/mol. The Labute approximate surface area is 171 Å². The molecular formula is C21H25N3O4S. The molecule has 8 heteroatoms. The molecule has 0 aliphatic carbocycles. The van der Waals surface area contributed by atoms with Crippen molar-refractivity contribution in [3.8, 4) is 0 Å². The van der Waals surface area contributed by atoms with E-state index in [1.807, 2.05) is 49.3 Å². The van der Waals surface area contributed by atoms with E-state index in [4.69, 9.17) is 0 Å². The van der Waals surface area contributed by atoms with Crippen molar-refractivity contribution < 1.29 is 18.0 Å². The zero-order chi connectivity index (χ0) is 21.2. The highest BCUT2D eigenvalue weighted by Gasteiger charge is 2.41. The molecule has 1 N–H and O–H groups in total. The minimum Gasteiger partial charge on any atom is -0.350 e. The third-order valence-electron chi connectivity index (χ3n) is 4.99. The molecule has 0 radical (unpaired) electrons. The lowest BCUT2D eigenvalue weighted by Crippen LogP contribution is -2.34. The summed E-state index contributed by atoms with van der Waals surface area (Å²) in [7, 11) is 0.247. The van der Waals surface area contributed by atoms with E-state index >= 15 is 0 Å². The van der Waals surface area contributed by atoms with Crippen LogP contribution >= 0.6 is 0 Å². The molecule has 1 heterocycles. The van der Waals surface area contributed by atoms with Gasteiger partial charge in [-0.15, -0.1) is 0 Å². The predicted molar refractivity (Wildman–Crippen MR) is 112 cm³/mol. The van der Waals surface area contributed by atoms with E-state index < -0.39 is 21.8 Å². The fourth-order valence-corrected chi connectivity index (χ4v) is 5.22. The van der Waals surface area contributed by atoms with Gasteiger partial charge in [0.15, 0.2) is 0 Å². The van der Waals surface area contributed by atoms with Crippen LogP contribution in [0.4, 0.5) is 5.69 Å². The maximum absolute atomic E-state index is 12.6. The Hall–Kier alpha value is -2.71. The molecule has 2 unspecified atom stereocenters. The first-order valence-electron chi connectivity index (χ1n) is 9.37. The lowest BCUT2D eigenvalue weighted by atomic mass is 10.1. The lowest BCUT2D eigenvalue weighted by Gasteiger charge is -2.25. The summed E-state index contributed by atoms with van der Waals surface area (Å²) in [6.45, 7) is 2.02. The summed E-state index contributed by atoms with van der Waals surface area (Å²) in [5, 5.41) is 2.92. The van der Waals surface area contributed by atoms with Crippen LogP contribution in [0.3, 0.4) is 0 Å². The number of amides is 2. The van der Waals surface area contributed by atoms with Crippen LogP contribution in [0.5, 0.6) is 0 Å². The van der Waals surface area contributed by atoms with Crippen LogP contribution < -0.4 is 9.62 Å². The number of carbonyl (C=O) groups is 2. The number of sulfonamides is 1. The quantitative estimate of drug-likeness (QED) is 0.780. The number of nitrogens with zero attached hydrogens (tertiary/aromatic N) is 2. The van der Waals surface area contributed by atoms with Crippen LogP contribution in [0.15, 0.2) is 54.6 Å². The van der Waals surface area contributed by atoms with Crippen molar-refractivity contribution in [2.75, 3.05) is 30.7 Å². The molecular weight excluding hydrogens is 390 g/mol. The van der Waals surface area contributed by atoms with Crippen LogP contribution in [0.2, 0.25) is 0 Å². The summed E-state index contributed by atoms with van der Waals surface area (Å²) in [5.74, 6) is -1.47. The van der Waals surface area contributed by atoms with Crippen molar-refractivity contribution >= 4 is 27.5 Å². The Balaban J connectivity index is 1.70. The van der Waals surface area contributed by atoms with Gasteiger partial charge in [0.25, 0.3) is 5.91 Å². The minimum atomic E-state index is -3.66. The molecule has 1 aliphatic rings. The van der Waals surface area contributed by atoms with Crippen molar-refractivity contribution in [2.24, 2.45) is 5.92 Å². The first-order chi connectivity index (χ1) is 13.7. The van der Waals surface area contributed by atoms with Crippen molar-refractivity contribution in [1.29, 1.82) is 0 Å². The van der Waals surface area contributed by atoms with E-state index in [-0.39, 0.29) is 23.4 Å². The molecule has 2 aromatic carbocycles. The summed E-state index contributed by atoms with van der Waals surface area (Å²) < 4.78 is 25.2. The van der Waals surface area contributed by atoms with Crippen molar-refractivity contribution in [3.63, 3.8) is 0 Å². The third kappa shape index (κ3) is 4.49. The normalized spacial score (nSPS) is 19.4.